The number of methoxy groups -OCH3 is 1. The molecule has 0 bridgehead atoms. The molecular weight excluding hydrogens is 382 g/mol. The molecule has 27 heavy (non-hydrogen) atoms. The third-order valence-corrected chi connectivity index (χ3v) is 4.10. The molecule has 0 aliphatic carbocycles. The number of halogens is 3. The zero-order valence-corrected chi connectivity index (χ0v) is 14.5. The van der Waals surface area contributed by atoms with Gasteiger partial charge in [-0.25, -0.2) is 18.4 Å². The van der Waals surface area contributed by atoms with Crippen LogP contribution >= 0.6 is 11.6 Å². The number of rotatable bonds is 4. The number of hydrogen-bond acceptors (Lipinski definition) is 6. The van der Waals surface area contributed by atoms with Gasteiger partial charge in [0, 0.05) is 29.5 Å². The van der Waals surface area contributed by atoms with Crippen molar-refractivity contribution < 1.29 is 27.8 Å². The second-order valence-corrected chi connectivity index (χ2v) is 5.70. The number of aromatic nitrogens is 2. The summed E-state index contributed by atoms with van der Waals surface area (Å²) in [5, 5.41) is -0.442. The molecule has 0 saturated carbocycles. The lowest BCUT2D eigenvalue weighted by Crippen LogP contribution is -2.22. The average Bonchev–Trinajstić information content (AvgIpc) is 2.69. The van der Waals surface area contributed by atoms with E-state index in [9.17, 15) is 18.4 Å². The van der Waals surface area contributed by atoms with E-state index in [-0.39, 0.29) is 5.56 Å². The van der Waals surface area contributed by atoms with E-state index in [1.54, 1.807) is 6.07 Å². The maximum absolute atomic E-state index is 14.3. The van der Waals surface area contributed by atoms with E-state index in [2.05, 4.69) is 14.7 Å². The van der Waals surface area contributed by atoms with Crippen LogP contribution in [0.15, 0.2) is 42.9 Å². The highest BCUT2D eigenvalue weighted by atomic mass is 35.5. The molecule has 0 N–H and O–H groups in total. The maximum atomic E-state index is 14.3. The summed E-state index contributed by atoms with van der Waals surface area (Å²) >= 11 is 5.55. The van der Waals surface area contributed by atoms with Crippen molar-refractivity contribution in [1.29, 1.82) is 0 Å². The SMILES string of the molecule is COC(=O)C(OC(=O)c1ccnc2ccncc12)c1ccc(F)c(Cl)c1F. The van der Waals surface area contributed by atoms with Crippen LogP contribution in [-0.2, 0) is 14.3 Å². The Morgan fingerprint density at radius 1 is 1.15 bits per heavy atom. The molecule has 0 spiro atoms. The van der Waals surface area contributed by atoms with Gasteiger partial charge in [-0.15, -0.1) is 0 Å². The quantitative estimate of drug-likeness (QED) is 0.498. The van der Waals surface area contributed by atoms with Crippen molar-refractivity contribution in [2.24, 2.45) is 0 Å². The molecule has 0 fully saturated rings. The second kappa shape index (κ2) is 7.63. The third kappa shape index (κ3) is 3.56. The Hall–Kier alpha value is -3.13. The van der Waals surface area contributed by atoms with E-state index < -0.39 is 40.3 Å². The van der Waals surface area contributed by atoms with Crippen LogP contribution in [0.3, 0.4) is 0 Å². The largest absolute Gasteiger partial charge is 0.466 e. The summed E-state index contributed by atoms with van der Waals surface area (Å²) in [6.45, 7) is 0. The minimum Gasteiger partial charge on any atom is -0.466 e. The Morgan fingerprint density at radius 3 is 2.67 bits per heavy atom. The van der Waals surface area contributed by atoms with Gasteiger partial charge in [0.1, 0.15) is 10.8 Å². The van der Waals surface area contributed by atoms with Gasteiger partial charge in [0.15, 0.2) is 5.82 Å². The van der Waals surface area contributed by atoms with Crippen LogP contribution in [0.25, 0.3) is 10.9 Å². The van der Waals surface area contributed by atoms with Crippen molar-refractivity contribution in [3.05, 3.63) is 70.6 Å². The third-order valence-electron chi connectivity index (χ3n) is 3.75. The van der Waals surface area contributed by atoms with Crippen molar-refractivity contribution in [3.63, 3.8) is 0 Å². The van der Waals surface area contributed by atoms with Crippen molar-refractivity contribution in [3.8, 4) is 0 Å². The number of carbonyl (C=O) groups excluding carboxylic acids is 2. The minimum atomic E-state index is -1.78. The topological polar surface area (TPSA) is 78.4 Å². The molecule has 2 aromatic heterocycles. The van der Waals surface area contributed by atoms with Gasteiger partial charge < -0.3 is 9.47 Å². The summed E-state index contributed by atoms with van der Waals surface area (Å²) in [6, 6.07) is 4.77. The molecule has 138 valence electrons. The fraction of sp³-hybridized carbons (Fsp3) is 0.111. The fourth-order valence-corrected chi connectivity index (χ4v) is 2.60. The van der Waals surface area contributed by atoms with E-state index in [0.29, 0.717) is 10.9 Å². The number of benzene rings is 1. The maximum Gasteiger partial charge on any atom is 0.352 e. The van der Waals surface area contributed by atoms with Gasteiger partial charge in [-0.1, -0.05) is 11.6 Å². The predicted molar refractivity (Wildman–Crippen MR) is 91.1 cm³/mol. The van der Waals surface area contributed by atoms with E-state index in [1.807, 2.05) is 0 Å². The lowest BCUT2D eigenvalue weighted by Gasteiger charge is -2.17. The van der Waals surface area contributed by atoms with Gasteiger partial charge in [0.2, 0.25) is 6.10 Å². The van der Waals surface area contributed by atoms with Gasteiger partial charge in [-0.2, -0.15) is 0 Å². The van der Waals surface area contributed by atoms with Gasteiger partial charge in [-0.3, -0.25) is 9.97 Å². The number of hydrogen-bond donors (Lipinski definition) is 0. The molecule has 0 aliphatic heterocycles. The highest BCUT2D eigenvalue weighted by Gasteiger charge is 2.31. The Bertz CT molecular complexity index is 1040. The van der Waals surface area contributed by atoms with Crippen LogP contribution in [0.5, 0.6) is 0 Å². The van der Waals surface area contributed by atoms with E-state index >= 15 is 0 Å². The molecule has 1 atom stereocenters. The molecule has 6 nitrogen and oxygen atoms in total. The van der Waals surface area contributed by atoms with Gasteiger partial charge in [0.25, 0.3) is 0 Å². The zero-order chi connectivity index (χ0) is 19.6. The standard InChI is InChI=1S/C18H11ClF2N2O4/c1-26-18(25)16(10-2-3-12(20)14(19)15(10)21)27-17(24)9-4-7-23-13-5-6-22-8-11(9)13/h2-8,16H,1H3. The highest BCUT2D eigenvalue weighted by molar-refractivity contribution is 6.31. The number of esters is 2. The molecule has 0 amide bonds. The molecule has 9 heteroatoms. The Labute approximate surface area is 156 Å². The number of pyridine rings is 2. The van der Waals surface area contributed by atoms with Crippen LogP contribution in [-0.4, -0.2) is 29.0 Å². The average molecular weight is 393 g/mol. The summed E-state index contributed by atoms with van der Waals surface area (Å²) in [7, 11) is 1.04. The van der Waals surface area contributed by atoms with Crippen molar-refractivity contribution in [2.45, 2.75) is 6.10 Å². The number of ether oxygens (including phenoxy) is 2. The smallest absolute Gasteiger partial charge is 0.352 e. The number of nitrogens with zero attached hydrogens (tertiary/aromatic N) is 2. The minimum absolute atomic E-state index is 0.0654. The summed E-state index contributed by atoms with van der Waals surface area (Å²) in [5.41, 5.74) is 0.110. The van der Waals surface area contributed by atoms with Crippen molar-refractivity contribution in [2.75, 3.05) is 7.11 Å². The van der Waals surface area contributed by atoms with Crippen molar-refractivity contribution in [1.82, 2.24) is 9.97 Å². The van der Waals surface area contributed by atoms with E-state index in [1.165, 1.54) is 24.7 Å². The van der Waals surface area contributed by atoms with Gasteiger partial charge in [0.05, 0.1) is 18.2 Å². The Kier molecular flexibility index (Phi) is 5.27. The van der Waals surface area contributed by atoms with Crippen LogP contribution in [0, 0.1) is 11.6 Å². The lowest BCUT2D eigenvalue weighted by molar-refractivity contribution is -0.151. The van der Waals surface area contributed by atoms with E-state index in [4.69, 9.17) is 16.3 Å². The zero-order valence-electron chi connectivity index (χ0n) is 13.8. The Balaban J connectivity index is 2.02. The molecule has 1 unspecified atom stereocenters. The summed E-state index contributed by atoms with van der Waals surface area (Å²) in [5.74, 6) is -4.23. The highest BCUT2D eigenvalue weighted by Crippen LogP contribution is 2.30. The van der Waals surface area contributed by atoms with Crippen LogP contribution < -0.4 is 0 Å². The summed E-state index contributed by atoms with van der Waals surface area (Å²) in [6.07, 6.45) is 2.50. The normalized spacial score (nSPS) is 11.9. The monoisotopic (exact) mass is 392 g/mol. The molecule has 3 rings (SSSR count). The fourth-order valence-electron chi connectivity index (χ4n) is 2.43. The molecule has 3 aromatic rings. The second-order valence-electron chi connectivity index (χ2n) is 5.32. The first-order chi connectivity index (χ1) is 12.9. The van der Waals surface area contributed by atoms with Crippen LogP contribution in [0.2, 0.25) is 5.02 Å². The van der Waals surface area contributed by atoms with E-state index in [0.717, 1.165) is 19.2 Å². The summed E-state index contributed by atoms with van der Waals surface area (Å²) in [4.78, 5) is 32.7. The predicted octanol–water partition coefficient (Wildman–Crippen LogP) is 3.63. The molecule has 0 aliphatic rings. The van der Waals surface area contributed by atoms with Gasteiger partial charge in [-0.05, 0) is 24.3 Å². The van der Waals surface area contributed by atoms with Crippen LogP contribution in [0.1, 0.15) is 22.0 Å². The first kappa shape index (κ1) is 18.7. The number of fused-ring (bicyclic) bond motifs is 1. The van der Waals surface area contributed by atoms with Crippen LogP contribution in [0.4, 0.5) is 8.78 Å². The molecule has 0 radical (unpaired) electrons. The number of carbonyl (C=O) groups is 2. The first-order valence-electron chi connectivity index (χ1n) is 7.55. The first-order valence-corrected chi connectivity index (χ1v) is 7.92. The molecule has 0 saturated heterocycles. The molecule has 2 heterocycles. The molecule has 1 aromatic carbocycles. The molecular formula is C18H11ClF2N2O4. The lowest BCUT2D eigenvalue weighted by atomic mass is 10.1. The van der Waals surface area contributed by atoms with Gasteiger partial charge >= 0.3 is 11.9 Å². The van der Waals surface area contributed by atoms with Crippen molar-refractivity contribution >= 4 is 34.4 Å². The Morgan fingerprint density at radius 2 is 1.93 bits per heavy atom. The summed E-state index contributed by atoms with van der Waals surface area (Å²) < 4.78 is 37.5.